The van der Waals surface area contributed by atoms with Crippen LogP contribution >= 0.6 is 11.6 Å². The maximum absolute atomic E-state index is 13.6. The predicted molar refractivity (Wildman–Crippen MR) is 71.9 cm³/mol. The normalized spacial score (nSPS) is 10.2. The molecule has 0 fully saturated rings. The highest BCUT2D eigenvalue weighted by atomic mass is 35.5. The van der Waals surface area contributed by atoms with Crippen molar-refractivity contribution in [1.82, 2.24) is 4.98 Å². The SMILES string of the molecule is NC(=O)c1cc(N)cnc1Nc1cc(Cl)ccc1F. The number of nitrogens with two attached hydrogens (primary N) is 2. The van der Waals surface area contributed by atoms with E-state index in [2.05, 4.69) is 10.3 Å². The number of nitrogen functional groups attached to an aromatic ring is 1. The van der Waals surface area contributed by atoms with Crippen molar-refractivity contribution in [3.63, 3.8) is 0 Å². The summed E-state index contributed by atoms with van der Waals surface area (Å²) in [6.07, 6.45) is 1.33. The van der Waals surface area contributed by atoms with E-state index in [4.69, 9.17) is 23.1 Å². The van der Waals surface area contributed by atoms with Gasteiger partial charge in [0, 0.05) is 5.02 Å². The predicted octanol–water partition coefficient (Wildman–Crippen LogP) is 2.30. The number of carbonyl (C=O) groups excluding carboxylic acids is 1. The number of rotatable bonds is 3. The van der Waals surface area contributed by atoms with E-state index in [9.17, 15) is 9.18 Å². The second-order valence-corrected chi connectivity index (χ2v) is 4.21. The van der Waals surface area contributed by atoms with Gasteiger partial charge in [-0.1, -0.05) is 11.6 Å². The van der Waals surface area contributed by atoms with Gasteiger partial charge < -0.3 is 16.8 Å². The Morgan fingerprint density at radius 1 is 1.37 bits per heavy atom. The van der Waals surface area contributed by atoms with Crippen molar-refractivity contribution in [3.8, 4) is 0 Å². The van der Waals surface area contributed by atoms with E-state index in [1.54, 1.807) is 0 Å². The Balaban J connectivity index is 2.43. The summed E-state index contributed by atoms with van der Waals surface area (Å²) in [7, 11) is 0. The Hall–Kier alpha value is -2.34. The highest BCUT2D eigenvalue weighted by molar-refractivity contribution is 6.30. The number of aromatic nitrogens is 1. The number of pyridine rings is 1. The Morgan fingerprint density at radius 2 is 2.11 bits per heavy atom. The third-order valence-electron chi connectivity index (χ3n) is 2.36. The van der Waals surface area contributed by atoms with Gasteiger partial charge >= 0.3 is 0 Å². The molecule has 0 bridgehead atoms. The Kier molecular flexibility index (Phi) is 3.52. The lowest BCUT2D eigenvalue weighted by atomic mass is 10.2. The highest BCUT2D eigenvalue weighted by Gasteiger charge is 2.12. The van der Waals surface area contributed by atoms with E-state index >= 15 is 0 Å². The molecule has 7 heteroatoms. The van der Waals surface area contributed by atoms with Gasteiger partial charge in [0.05, 0.1) is 23.1 Å². The van der Waals surface area contributed by atoms with Gasteiger partial charge in [0.2, 0.25) is 0 Å². The molecule has 0 unspecified atom stereocenters. The summed E-state index contributed by atoms with van der Waals surface area (Å²) in [5.74, 6) is -1.13. The van der Waals surface area contributed by atoms with E-state index in [0.717, 1.165) is 0 Å². The van der Waals surface area contributed by atoms with Gasteiger partial charge in [0.1, 0.15) is 11.6 Å². The molecular formula is C12H10ClFN4O. The number of primary amides is 1. The maximum atomic E-state index is 13.6. The van der Waals surface area contributed by atoms with Gasteiger partial charge in [-0.15, -0.1) is 0 Å². The molecule has 98 valence electrons. The summed E-state index contributed by atoms with van der Waals surface area (Å²) in [4.78, 5) is 15.2. The fourth-order valence-corrected chi connectivity index (χ4v) is 1.66. The second-order valence-electron chi connectivity index (χ2n) is 3.78. The molecule has 2 rings (SSSR count). The number of halogens is 2. The van der Waals surface area contributed by atoms with E-state index in [0.29, 0.717) is 5.02 Å². The molecule has 0 saturated heterocycles. The summed E-state index contributed by atoms with van der Waals surface area (Å²) in [5, 5.41) is 3.01. The minimum absolute atomic E-state index is 0.0689. The van der Waals surface area contributed by atoms with Crippen LogP contribution in [0.5, 0.6) is 0 Å². The largest absolute Gasteiger partial charge is 0.397 e. The third-order valence-corrected chi connectivity index (χ3v) is 2.59. The van der Waals surface area contributed by atoms with Crippen molar-refractivity contribution in [2.45, 2.75) is 0 Å². The van der Waals surface area contributed by atoms with E-state index in [1.807, 2.05) is 0 Å². The fraction of sp³-hybridized carbons (Fsp3) is 0. The van der Waals surface area contributed by atoms with Gasteiger partial charge in [0.25, 0.3) is 5.91 Å². The molecule has 0 atom stereocenters. The fourth-order valence-electron chi connectivity index (χ4n) is 1.49. The molecule has 1 aromatic heterocycles. The zero-order chi connectivity index (χ0) is 14.0. The zero-order valence-corrected chi connectivity index (χ0v) is 10.4. The first-order valence-corrected chi connectivity index (χ1v) is 5.62. The Labute approximate surface area is 113 Å². The first-order valence-electron chi connectivity index (χ1n) is 5.25. The number of anilines is 3. The minimum atomic E-state index is -0.718. The zero-order valence-electron chi connectivity index (χ0n) is 9.65. The summed E-state index contributed by atoms with van der Waals surface area (Å²) in [5.41, 5.74) is 11.2. The van der Waals surface area contributed by atoms with Crippen molar-refractivity contribution < 1.29 is 9.18 Å². The number of hydrogen-bond acceptors (Lipinski definition) is 4. The molecule has 0 saturated carbocycles. The Morgan fingerprint density at radius 3 is 2.79 bits per heavy atom. The lowest BCUT2D eigenvalue weighted by Gasteiger charge is -2.10. The van der Waals surface area contributed by atoms with E-state index in [1.165, 1.54) is 30.5 Å². The maximum Gasteiger partial charge on any atom is 0.252 e. The molecule has 0 spiro atoms. The molecule has 0 aliphatic rings. The number of amides is 1. The lowest BCUT2D eigenvalue weighted by molar-refractivity contribution is 0.100. The van der Waals surface area contributed by atoms with Crippen LogP contribution in [0.15, 0.2) is 30.5 Å². The summed E-state index contributed by atoms with van der Waals surface area (Å²) >= 11 is 5.77. The monoisotopic (exact) mass is 280 g/mol. The molecule has 5 N–H and O–H groups in total. The smallest absolute Gasteiger partial charge is 0.252 e. The van der Waals surface area contributed by atoms with Crippen molar-refractivity contribution >= 4 is 34.7 Å². The van der Waals surface area contributed by atoms with Crippen LogP contribution in [0, 0.1) is 5.82 Å². The molecule has 1 heterocycles. The van der Waals surface area contributed by atoms with Gasteiger partial charge in [-0.3, -0.25) is 4.79 Å². The third kappa shape index (κ3) is 2.92. The molecule has 2 aromatic rings. The first-order chi connectivity index (χ1) is 8.97. The van der Waals surface area contributed by atoms with Crippen LogP contribution in [-0.2, 0) is 0 Å². The minimum Gasteiger partial charge on any atom is -0.397 e. The number of hydrogen-bond donors (Lipinski definition) is 3. The van der Waals surface area contributed by atoms with Crippen molar-refractivity contribution in [3.05, 3.63) is 46.9 Å². The van der Waals surface area contributed by atoms with E-state index < -0.39 is 11.7 Å². The summed E-state index contributed by atoms with van der Waals surface area (Å²) in [6.45, 7) is 0. The number of carbonyl (C=O) groups is 1. The number of benzene rings is 1. The van der Waals surface area contributed by atoms with Crippen LogP contribution in [0.2, 0.25) is 5.02 Å². The molecule has 1 amide bonds. The number of nitrogens with zero attached hydrogens (tertiary/aromatic N) is 1. The molecule has 19 heavy (non-hydrogen) atoms. The van der Waals surface area contributed by atoms with Gasteiger partial charge in [-0.25, -0.2) is 9.37 Å². The highest BCUT2D eigenvalue weighted by Crippen LogP contribution is 2.25. The average Bonchev–Trinajstić information content (AvgIpc) is 2.35. The first kappa shape index (κ1) is 13.1. The van der Waals surface area contributed by atoms with Crippen molar-refractivity contribution in [1.29, 1.82) is 0 Å². The quantitative estimate of drug-likeness (QED) is 0.804. The van der Waals surface area contributed by atoms with Gasteiger partial charge in [0.15, 0.2) is 0 Å². The topological polar surface area (TPSA) is 94.0 Å². The van der Waals surface area contributed by atoms with Crippen LogP contribution in [0.1, 0.15) is 10.4 Å². The molecular weight excluding hydrogens is 271 g/mol. The molecule has 0 radical (unpaired) electrons. The molecule has 5 nitrogen and oxygen atoms in total. The van der Waals surface area contributed by atoms with Gasteiger partial charge in [-0.05, 0) is 24.3 Å². The van der Waals surface area contributed by atoms with Crippen LogP contribution in [0.4, 0.5) is 21.6 Å². The van der Waals surface area contributed by atoms with Crippen LogP contribution < -0.4 is 16.8 Å². The summed E-state index contributed by atoms with van der Waals surface area (Å²) < 4.78 is 13.6. The van der Waals surface area contributed by atoms with Crippen LogP contribution in [0.25, 0.3) is 0 Å². The standard InChI is InChI=1S/C12H10ClFN4O/c13-6-1-2-9(14)10(3-6)18-12-8(11(16)19)4-7(15)5-17-12/h1-5H,15H2,(H2,16,19)(H,17,18). The average molecular weight is 281 g/mol. The van der Waals surface area contributed by atoms with Crippen molar-refractivity contribution in [2.75, 3.05) is 11.1 Å². The summed E-state index contributed by atoms with van der Waals surface area (Å²) in [6, 6.07) is 5.35. The van der Waals surface area contributed by atoms with Crippen molar-refractivity contribution in [2.24, 2.45) is 5.73 Å². The molecule has 1 aromatic carbocycles. The lowest BCUT2D eigenvalue weighted by Crippen LogP contribution is -2.15. The Bertz CT molecular complexity index is 648. The second kappa shape index (κ2) is 5.11. The van der Waals surface area contributed by atoms with Crippen LogP contribution in [-0.4, -0.2) is 10.9 Å². The molecule has 0 aliphatic heterocycles. The number of nitrogens with one attached hydrogen (secondary N) is 1. The van der Waals surface area contributed by atoms with Crippen LogP contribution in [0.3, 0.4) is 0 Å². The van der Waals surface area contributed by atoms with E-state index in [-0.39, 0.29) is 22.8 Å². The molecule has 0 aliphatic carbocycles. The van der Waals surface area contributed by atoms with Gasteiger partial charge in [-0.2, -0.15) is 0 Å².